The van der Waals surface area contributed by atoms with Crippen molar-refractivity contribution >= 4 is 22.4 Å². The van der Waals surface area contributed by atoms with Gasteiger partial charge in [0.2, 0.25) is 0 Å². The van der Waals surface area contributed by atoms with Gasteiger partial charge in [0, 0.05) is 31.6 Å². The Morgan fingerprint density at radius 2 is 2.11 bits per heavy atom. The molecule has 0 aromatic carbocycles. The molecule has 0 aliphatic carbocycles. The summed E-state index contributed by atoms with van der Waals surface area (Å²) in [6.07, 6.45) is 4.80. The molecule has 0 unspecified atom stereocenters. The van der Waals surface area contributed by atoms with E-state index in [9.17, 15) is 4.79 Å². The standard InChI is InChI=1S/C14H21N3OS/c1-11-5-4-8-17(9-11)14-15-12(10-19-14)13(18)16-6-2-3-7-16/h10-11H,2-9H2,1H3/t11-/m1/s1. The maximum Gasteiger partial charge on any atom is 0.273 e. The molecule has 19 heavy (non-hydrogen) atoms. The Hall–Kier alpha value is -1.10. The summed E-state index contributed by atoms with van der Waals surface area (Å²) in [6.45, 7) is 6.23. The van der Waals surface area contributed by atoms with Crippen LogP contribution in [0.2, 0.25) is 0 Å². The monoisotopic (exact) mass is 279 g/mol. The number of thiazole rings is 1. The van der Waals surface area contributed by atoms with Crippen LogP contribution in [0, 0.1) is 5.92 Å². The van der Waals surface area contributed by atoms with Crippen LogP contribution in [-0.2, 0) is 0 Å². The molecular weight excluding hydrogens is 258 g/mol. The molecule has 2 fully saturated rings. The van der Waals surface area contributed by atoms with Crippen molar-refractivity contribution in [3.05, 3.63) is 11.1 Å². The number of hydrogen-bond donors (Lipinski definition) is 0. The van der Waals surface area contributed by atoms with E-state index in [0.717, 1.165) is 50.1 Å². The minimum atomic E-state index is 0.116. The van der Waals surface area contributed by atoms with Crippen molar-refractivity contribution in [2.24, 2.45) is 5.92 Å². The highest BCUT2D eigenvalue weighted by Crippen LogP contribution is 2.27. The van der Waals surface area contributed by atoms with Gasteiger partial charge in [0.05, 0.1) is 0 Å². The number of carbonyl (C=O) groups is 1. The molecule has 1 aromatic heterocycles. The van der Waals surface area contributed by atoms with Gasteiger partial charge in [-0.25, -0.2) is 4.98 Å². The average Bonchev–Trinajstić information content (AvgIpc) is 3.10. The maximum absolute atomic E-state index is 12.3. The molecule has 2 aliphatic rings. The lowest BCUT2D eigenvalue weighted by Gasteiger charge is -2.30. The fourth-order valence-corrected chi connectivity index (χ4v) is 3.79. The third kappa shape index (κ3) is 2.76. The lowest BCUT2D eigenvalue weighted by molar-refractivity contribution is 0.0788. The molecule has 0 saturated carbocycles. The zero-order valence-corrected chi connectivity index (χ0v) is 12.3. The summed E-state index contributed by atoms with van der Waals surface area (Å²) >= 11 is 1.61. The highest BCUT2D eigenvalue weighted by atomic mass is 32.1. The van der Waals surface area contributed by atoms with Gasteiger partial charge in [-0.1, -0.05) is 6.92 Å². The van der Waals surface area contributed by atoms with E-state index in [0.29, 0.717) is 5.69 Å². The van der Waals surface area contributed by atoms with Crippen LogP contribution in [0.3, 0.4) is 0 Å². The highest BCUT2D eigenvalue weighted by molar-refractivity contribution is 7.13. The average molecular weight is 279 g/mol. The molecule has 5 heteroatoms. The molecule has 0 radical (unpaired) electrons. The highest BCUT2D eigenvalue weighted by Gasteiger charge is 2.24. The molecule has 1 amide bonds. The van der Waals surface area contributed by atoms with Crippen LogP contribution >= 0.6 is 11.3 Å². The first-order valence-corrected chi connectivity index (χ1v) is 8.12. The van der Waals surface area contributed by atoms with E-state index in [1.165, 1.54) is 12.8 Å². The second kappa shape index (κ2) is 5.49. The fourth-order valence-electron chi connectivity index (χ4n) is 2.95. The van der Waals surface area contributed by atoms with Gasteiger partial charge in [0.15, 0.2) is 5.13 Å². The van der Waals surface area contributed by atoms with Crippen LogP contribution in [0.25, 0.3) is 0 Å². The molecule has 0 N–H and O–H groups in total. The van der Waals surface area contributed by atoms with Crippen LogP contribution in [0.5, 0.6) is 0 Å². The number of rotatable bonds is 2. The number of hydrogen-bond acceptors (Lipinski definition) is 4. The van der Waals surface area contributed by atoms with E-state index >= 15 is 0 Å². The van der Waals surface area contributed by atoms with Crippen molar-refractivity contribution in [2.75, 3.05) is 31.1 Å². The summed E-state index contributed by atoms with van der Waals surface area (Å²) in [5, 5.41) is 2.95. The Labute approximate surface area is 118 Å². The number of carbonyl (C=O) groups excluding carboxylic acids is 1. The van der Waals surface area contributed by atoms with E-state index in [1.807, 2.05) is 10.3 Å². The number of piperidine rings is 1. The molecule has 104 valence electrons. The third-order valence-electron chi connectivity index (χ3n) is 4.03. The van der Waals surface area contributed by atoms with Crippen LogP contribution in [0.4, 0.5) is 5.13 Å². The van der Waals surface area contributed by atoms with Gasteiger partial charge in [-0.2, -0.15) is 0 Å². The molecule has 3 heterocycles. The Bertz CT molecular complexity index is 453. The minimum absolute atomic E-state index is 0.116. The quantitative estimate of drug-likeness (QED) is 0.835. The van der Waals surface area contributed by atoms with Crippen molar-refractivity contribution < 1.29 is 4.79 Å². The normalized spacial score (nSPS) is 23.9. The molecule has 1 aromatic rings. The molecule has 0 bridgehead atoms. The molecule has 2 saturated heterocycles. The largest absolute Gasteiger partial charge is 0.348 e. The first kappa shape index (κ1) is 12.9. The maximum atomic E-state index is 12.3. The first-order valence-electron chi connectivity index (χ1n) is 7.24. The summed E-state index contributed by atoms with van der Waals surface area (Å²) in [6, 6.07) is 0. The summed E-state index contributed by atoms with van der Waals surface area (Å²) in [4.78, 5) is 21.1. The van der Waals surface area contributed by atoms with Crippen LogP contribution in [-0.4, -0.2) is 42.0 Å². The summed E-state index contributed by atoms with van der Waals surface area (Å²) in [5.41, 5.74) is 0.639. The van der Waals surface area contributed by atoms with Crippen molar-refractivity contribution in [3.8, 4) is 0 Å². The van der Waals surface area contributed by atoms with E-state index < -0.39 is 0 Å². The third-order valence-corrected chi connectivity index (χ3v) is 4.93. The topological polar surface area (TPSA) is 36.4 Å². The van der Waals surface area contributed by atoms with E-state index in [-0.39, 0.29) is 5.91 Å². The van der Waals surface area contributed by atoms with E-state index in [2.05, 4.69) is 16.8 Å². The Morgan fingerprint density at radius 3 is 2.84 bits per heavy atom. The van der Waals surface area contributed by atoms with Crippen molar-refractivity contribution in [1.82, 2.24) is 9.88 Å². The van der Waals surface area contributed by atoms with Crippen molar-refractivity contribution in [3.63, 3.8) is 0 Å². The Kier molecular flexibility index (Phi) is 3.73. The lowest BCUT2D eigenvalue weighted by Crippen LogP contribution is -2.34. The lowest BCUT2D eigenvalue weighted by atomic mass is 10.0. The van der Waals surface area contributed by atoms with Crippen LogP contribution in [0.15, 0.2) is 5.38 Å². The fraction of sp³-hybridized carbons (Fsp3) is 0.714. The molecular formula is C14H21N3OS. The number of anilines is 1. The van der Waals surface area contributed by atoms with E-state index in [1.54, 1.807) is 11.3 Å². The number of amides is 1. The summed E-state index contributed by atoms with van der Waals surface area (Å²) in [7, 11) is 0. The summed E-state index contributed by atoms with van der Waals surface area (Å²) < 4.78 is 0. The molecule has 3 rings (SSSR count). The summed E-state index contributed by atoms with van der Waals surface area (Å²) in [5.74, 6) is 0.848. The molecule has 2 aliphatic heterocycles. The van der Waals surface area contributed by atoms with Gasteiger partial charge in [0.1, 0.15) is 5.69 Å². The van der Waals surface area contributed by atoms with E-state index in [4.69, 9.17) is 0 Å². The predicted molar refractivity (Wildman–Crippen MR) is 77.9 cm³/mol. The van der Waals surface area contributed by atoms with Gasteiger partial charge in [-0.3, -0.25) is 4.79 Å². The van der Waals surface area contributed by atoms with Crippen LogP contribution in [0.1, 0.15) is 43.1 Å². The number of aromatic nitrogens is 1. The second-order valence-electron chi connectivity index (χ2n) is 5.71. The zero-order chi connectivity index (χ0) is 13.2. The molecule has 0 spiro atoms. The van der Waals surface area contributed by atoms with Crippen molar-refractivity contribution in [2.45, 2.75) is 32.6 Å². The number of nitrogens with zero attached hydrogens (tertiary/aromatic N) is 3. The minimum Gasteiger partial charge on any atom is -0.348 e. The van der Waals surface area contributed by atoms with Gasteiger partial charge < -0.3 is 9.80 Å². The van der Waals surface area contributed by atoms with Gasteiger partial charge in [-0.05, 0) is 31.6 Å². The molecule has 4 nitrogen and oxygen atoms in total. The zero-order valence-electron chi connectivity index (χ0n) is 11.5. The van der Waals surface area contributed by atoms with Gasteiger partial charge >= 0.3 is 0 Å². The van der Waals surface area contributed by atoms with Gasteiger partial charge in [-0.15, -0.1) is 11.3 Å². The van der Waals surface area contributed by atoms with Crippen molar-refractivity contribution in [1.29, 1.82) is 0 Å². The molecule has 1 atom stereocenters. The SMILES string of the molecule is C[C@@H]1CCCN(c2nc(C(=O)N3CCCC3)cs2)C1. The van der Waals surface area contributed by atoms with Gasteiger partial charge in [0.25, 0.3) is 5.91 Å². The second-order valence-corrected chi connectivity index (χ2v) is 6.54. The van der Waals surface area contributed by atoms with Crippen LogP contribution < -0.4 is 4.90 Å². The Balaban J connectivity index is 1.70. The first-order chi connectivity index (χ1) is 9.24. The number of likely N-dealkylation sites (tertiary alicyclic amines) is 1. The Morgan fingerprint density at radius 1 is 1.32 bits per heavy atom. The predicted octanol–water partition coefficient (Wildman–Crippen LogP) is 2.62. The smallest absolute Gasteiger partial charge is 0.273 e.